The first kappa shape index (κ1) is 10.9. The van der Waals surface area contributed by atoms with Crippen LogP contribution in [0, 0.1) is 13.8 Å². The zero-order valence-electron chi connectivity index (χ0n) is 10.4. The van der Waals surface area contributed by atoms with Gasteiger partial charge in [-0.2, -0.15) is 5.10 Å². The van der Waals surface area contributed by atoms with Crippen molar-refractivity contribution in [2.45, 2.75) is 27.2 Å². The quantitative estimate of drug-likeness (QED) is 0.750. The van der Waals surface area contributed by atoms with Crippen molar-refractivity contribution in [1.29, 1.82) is 0 Å². The first-order valence-electron chi connectivity index (χ1n) is 5.73. The minimum absolute atomic E-state index is 1.09. The second-order valence-electron chi connectivity index (χ2n) is 4.22. The molecule has 0 bridgehead atoms. The molecule has 2 heteroatoms. The van der Waals surface area contributed by atoms with E-state index >= 15 is 0 Å². The maximum absolute atomic E-state index is 4.45. The van der Waals surface area contributed by atoms with Gasteiger partial charge in [0.1, 0.15) is 0 Å². The molecule has 1 aromatic heterocycles. The number of aromatic nitrogens is 2. The van der Waals surface area contributed by atoms with Crippen LogP contribution < -0.4 is 0 Å². The topological polar surface area (TPSA) is 17.8 Å². The largest absolute Gasteiger partial charge is 0.272 e. The highest BCUT2D eigenvalue weighted by atomic mass is 15.3. The highest BCUT2D eigenvalue weighted by Crippen LogP contribution is 2.26. The molecule has 1 heterocycles. The monoisotopic (exact) mass is 214 g/mol. The fourth-order valence-corrected chi connectivity index (χ4v) is 2.10. The molecular formula is C14H18N2. The number of benzene rings is 1. The maximum atomic E-state index is 4.45. The summed E-state index contributed by atoms with van der Waals surface area (Å²) < 4.78 is 1.94. The second kappa shape index (κ2) is 4.12. The molecule has 0 aliphatic carbocycles. The van der Waals surface area contributed by atoms with Crippen LogP contribution in [-0.4, -0.2) is 9.78 Å². The predicted molar refractivity (Wildman–Crippen MR) is 67.5 cm³/mol. The fourth-order valence-electron chi connectivity index (χ4n) is 2.10. The van der Waals surface area contributed by atoms with E-state index in [0.717, 1.165) is 12.1 Å². The molecule has 0 saturated carbocycles. The molecule has 0 fully saturated rings. The molecule has 84 valence electrons. The average Bonchev–Trinajstić information content (AvgIpc) is 2.54. The Hall–Kier alpha value is -1.57. The number of aryl methyl sites for hydroxylation is 3. The summed E-state index contributed by atoms with van der Waals surface area (Å²) in [6.45, 7) is 6.36. The third-order valence-corrected chi connectivity index (χ3v) is 3.16. The predicted octanol–water partition coefficient (Wildman–Crippen LogP) is 3.27. The second-order valence-corrected chi connectivity index (χ2v) is 4.22. The molecule has 0 unspecified atom stereocenters. The molecule has 0 spiro atoms. The smallest absolute Gasteiger partial charge is 0.0674 e. The average molecular weight is 214 g/mol. The van der Waals surface area contributed by atoms with Crippen molar-refractivity contribution in [2.75, 3.05) is 0 Å². The molecule has 16 heavy (non-hydrogen) atoms. The van der Waals surface area contributed by atoms with E-state index in [2.05, 4.69) is 50.1 Å². The third kappa shape index (κ3) is 1.75. The molecule has 0 atom stereocenters. The number of hydrogen-bond acceptors (Lipinski definition) is 1. The standard InChI is InChI=1S/C14H18N2/c1-5-12-6-8-13(9-7-12)14-10(2)15-16(4)11(14)3/h6-9H,5H2,1-4H3. The van der Waals surface area contributed by atoms with E-state index in [-0.39, 0.29) is 0 Å². The molecule has 0 saturated heterocycles. The number of nitrogens with zero attached hydrogens (tertiary/aromatic N) is 2. The van der Waals surface area contributed by atoms with Gasteiger partial charge in [-0.3, -0.25) is 4.68 Å². The summed E-state index contributed by atoms with van der Waals surface area (Å²) >= 11 is 0. The van der Waals surface area contributed by atoms with Crippen LogP contribution in [0.1, 0.15) is 23.9 Å². The fraction of sp³-hybridized carbons (Fsp3) is 0.357. The molecule has 2 aromatic rings. The summed E-state index contributed by atoms with van der Waals surface area (Å²) in [5.41, 5.74) is 6.24. The summed E-state index contributed by atoms with van der Waals surface area (Å²) in [4.78, 5) is 0. The lowest BCUT2D eigenvalue weighted by atomic mass is 10.0. The van der Waals surface area contributed by atoms with Crippen LogP contribution in [0.15, 0.2) is 24.3 Å². The van der Waals surface area contributed by atoms with Crippen LogP contribution in [0.2, 0.25) is 0 Å². The van der Waals surface area contributed by atoms with Crippen LogP contribution in [-0.2, 0) is 13.5 Å². The van der Waals surface area contributed by atoms with Crippen molar-refractivity contribution >= 4 is 0 Å². The van der Waals surface area contributed by atoms with Gasteiger partial charge in [0, 0.05) is 18.3 Å². The van der Waals surface area contributed by atoms with Gasteiger partial charge in [0.05, 0.1) is 5.69 Å². The normalized spacial score (nSPS) is 10.8. The molecule has 0 amide bonds. The highest BCUT2D eigenvalue weighted by Gasteiger charge is 2.10. The number of rotatable bonds is 2. The van der Waals surface area contributed by atoms with Gasteiger partial charge in [0.25, 0.3) is 0 Å². The summed E-state index contributed by atoms with van der Waals surface area (Å²) in [5, 5.41) is 4.45. The van der Waals surface area contributed by atoms with E-state index in [1.54, 1.807) is 0 Å². The van der Waals surface area contributed by atoms with Crippen LogP contribution in [0.25, 0.3) is 11.1 Å². The Bertz CT molecular complexity index is 492. The van der Waals surface area contributed by atoms with Crippen LogP contribution >= 0.6 is 0 Å². The Morgan fingerprint density at radius 2 is 1.75 bits per heavy atom. The molecule has 0 radical (unpaired) electrons. The van der Waals surface area contributed by atoms with E-state index in [1.165, 1.54) is 22.4 Å². The maximum Gasteiger partial charge on any atom is 0.0674 e. The number of hydrogen-bond donors (Lipinski definition) is 0. The zero-order valence-corrected chi connectivity index (χ0v) is 10.4. The van der Waals surface area contributed by atoms with Crippen molar-refractivity contribution in [3.05, 3.63) is 41.2 Å². The van der Waals surface area contributed by atoms with Crippen LogP contribution in [0.3, 0.4) is 0 Å². The van der Waals surface area contributed by atoms with E-state index in [9.17, 15) is 0 Å². The molecular weight excluding hydrogens is 196 g/mol. The summed E-state index contributed by atoms with van der Waals surface area (Å²) in [5.74, 6) is 0. The van der Waals surface area contributed by atoms with E-state index in [4.69, 9.17) is 0 Å². The summed E-state index contributed by atoms with van der Waals surface area (Å²) in [6.07, 6.45) is 1.09. The Balaban J connectivity index is 2.50. The lowest BCUT2D eigenvalue weighted by Gasteiger charge is -2.03. The van der Waals surface area contributed by atoms with Gasteiger partial charge in [0.15, 0.2) is 0 Å². The van der Waals surface area contributed by atoms with Crippen molar-refractivity contribution < 1.29 is 0 Å². The lowest BCUT2D eigenvalue weighted by Crippen LogP contribution is -1.92. The SMILES string of the molecule is CCc1ccc(-c2c(C)nn(C)c2C)cc1. The molecule has 2 nitrogen and oxygen atoms in total. The van der Waals surface area contributed by atoms with Crippen molar-refractivity contribution in [3.8, 4) is 11.1 Å². The van der Waals surface area contributed by atoms with E-state index in [1.807, 2.05) is 11.7 Å². The molecule has 0 aliphatic heterocycles. The highest BCUT2D eigenvalue weighted by molar-refractivity contribution is 5.68. The molecule has 0 N–H and O–H groups in total. The minimum atomic E-state index is 1.09. The Morgan fingerprint density at radius 3 is 2.19 bits per heavy atom. The van der Waals surface area contributed by atoms with Crippen molar-refractivity contribution in [2.24, 2.45) is 7.05 Å². The van der Waals surface area contributed by atoms with Crippen molar-refractivity contribution in [1.82, 2.24) is 9.78 Å². The summed E-state index contributed by atoms with van der Waals surface area (Å²) in [7, 11) is 1.99. The van der Waals surface area contributed by atoms with Gasteiger partial charge in [-0.15, -0.1) is 0 Å². The zero-order chi connectivity index (χ0) is 11.7. The Morgan fingerprint density at radius 1 is 1.12 bits per heavy atom. The summed E-state index contributed by atoms with van der Waals surface area (Å²) in [6, 6.07) is 8.77. The van der Waals surface area contributed by atoms with Gasteiger partial charge >= 0.3 is 0 Å². The third-order valence-electron chi connectivity index (χ3n) is 3.16. The van der Waals surface area contributed by atoms with Crippen LogP contribution in [0.4, 0.5) is 0 Å². The first-order chi connectivity index (χ1) is 7.63. The van der Waals surface area contributed by atoms with Gasteiger partial charge < -0.3 is 0 Å². The molecule has 2 rings (SSSR count). The minimum Gasteiger partial charge on any atom is -0.272 e. The van der Waals surface area contributed by atoms with Crippen molar-refractivity contribution in [3.63, 3.8) is 0 Å². The Kier molecular flexibility index (Phi) is 2.82. The Labute approximate surface area is 96.9 Å². The van der Waals surface area contributed by atoms with Gasteiger partial charge in [-0.1, -0.05) is 31.2 Å². The first-order valence-corrected chi connectivity index (χ1v) is 5.73. The molecule has 1 aromatic carbocycles. The van der Waals surface area contributed by atoms with Crippen LogP contribution in [0.5, 0.6) is 0 Å². The molecule has 0 aliphatic rings. The lowest BCUT2D eigenvalue weighted by molar-refractivity contribution is 0.731. The van der Waals surface area contributed by atoms with E-state index < -0.39 is 0 Å². The van der Waals surface area contributed by atoms with Gasteiger partial charge in [-0.25, -0.2) is 0 Å². The van der Waals surface area contributed by atoms with Gasteiger partial charge in [-0.05, 0) is 31.4 Å². The van der Waals surface area contributed by atoms with E-state index in [0.29, 0.717) is 0 Å². The van der Waals surface area contributed by atoms with Gasteiger partial charge in [0.2, 0.25) is 0 Å².